The number of carbonyl (C=O) groups is 1. The molecular weight excluding hydrogens is 380 g/mol. The second-order valence-electron chi connectivity index (χ2n) is 6.85. The van der Waals surface area contributed by atoms with E-state index in [-0.39, 0.29) is 5.91 Å². The zero-order valence-corrected chi connectivity index (χ0v) is 16.7. The molecule has 0 aliphatic heterocycles. The molecule has 8 nitrogen and oxygen atoms in total. The van der Waals surface area contributed by atoms with Crippen molar-refractivity contribution in [3.63, 3.8) is 0 Å². The highest BCUT2D eigenvalue weighted by Gasteiger charge is 2.12. The van der Waals surface area contributed by atoms with Crippen LogP contribution in [-0.4, -0.2) is 33.0 Å². The molecule has 0 bridgehead atoms. The number of aryl methyl sites for hydroxylation is 1. The lowest BCUT2D eigenvalue weighted by Crippen LogP contribution is -2.22. The van der Waals surface area contributed by atoms with Gasteiger partial charge in [-0.15, -0.1) is 0 Å². The van der Waals surface area contributed by atoms with E-state index in [1.54, 1.807) is 36.2 Å². The standard InChI is InChI=1S/C22H22N6O2/c1-14-11-20(23)28(27-14)18-7-3-16(4-8-18)22(29)24-12-17-13-25-26-21(17)15-5-9-19(30-2)10-6-15/h3-11,13H,12,23H2,1-2H3,(H,24,29)(H,25,26). The average Bonchev–Trinajstić information content (AvgIpc) is 3.37. The van der Waals surface area contributed by atoms with Gasteiger partial charge in [-0.05, 0) is 55.5 Å². The number of rotatable bonds is 6. The number of carbonyl (C=O) groups excluding carboxylic acids is 1. The maximum atomic E-state index is 12.6. The van der Waals surface area contributed by atoms with E-state index in [2.05, 4.69) is 20.6 Å². The first kappa shape index (κ1) is 19.3. The molecule has 152 valence electrons. The third kappa shape index (κ3) is 3.88. The first-order valence-electron chi connectivity index (χ1n) is 9.42. The van der Waals surface area contributed by atoms with Crippen LogP contribution in [0.2, 0.25) is 0 Å². The van der Waals surface area contributed by atoms with Crippen molar-refractivity contribution in [1.29, 1.82) is 0 Å². The van der Waals surface area contributed by atoms with Crippen molar-refractivity contribution < 1.29 is 9.53 Å². The number of aromatic nitrogens is 4. The Morgan fingerprint density at radius 2 is 1.90 bits per heavy atom. The van der Waals surface area contributed by atoms with E-state index in [0.29, 0.717) is 17.9 Å². The predicted octanol–water partition coefficient (Wildman–Crippen LogP) is 3.09. The number of benzene rings is 2. The largest absolute Gasteiger partial charge is 0.497 e. The van der Waals surface area contributed by atoms with Crippen LogP contribution >= 0.6 is 0 Å². The average molecular weight is 402 g/mol. The third-order valence-electron chi connectivity index (χ3n) is 4.77. The smallest absolute Gasteiger partial charge is 0.251 e. The number of aromatic amines is 1. The quantitative estimate of drug-likeness (QED) is 0.459. The van der Waals surface area contributed by atoms with Gasteiger partial charge >= 0.3 is 0 Å². The van der Waals surface area contributed by atoms with Crippen LogP contribution in [0.4, 0.5) is 5.82 Å². The van der Waals surface area contributed by atoms with Crippen LogP contribution in [0, 0.1) is 6.92 Å². The van der Waals surface area contributed by atoms with Gasteiger partial charge in [0, 0.05) is 29.3 Å². The molecule has 0 saturated carbocycles. The maximum absolute atomic E-state index is 12.6. The topological polar surface area (TPSA) is 111 Å². The summed E-state index contributed by atoms with van der Waals surface area (Å²) in [7, 11) is 1.63. The molecule has 2 aromatic carbocycles. The summed E-state index contributed by atoms with van der Waals surface area (Å²) >= 11 is 0. The number of nitrogens with one attached hydrogen (secondary N) is 2. The van der Waals surface area contributed by atoms with E-state index in [0.717, 1.165) is 34.0 Å². The molecule has 4 N–H and O–H groups in total. The minimum Gasteiger partial charge on any atom is -0.497 e. The summed E-state index contributed by atoms with van der Waals surface area (Å²) in [5.74, 6) is 1.16. The summed E-state index contributed by atoms with van der Waals surface area (Å²) < 4.78 is 6.84. The predicted molar refractivity (Wildman–Crippen MR) is 114 cm³/mol. The number of nitrogens with zero attached hydrogens (tertiary/aromatic N) is 3. The zero-order valence-electron chi connectivity index (χ0n) is 16.7. The van der Waals surface area contributed by atoms with Crippen LogP contribution in [0.25, 0.3) is 16.9 Å². The van der Waals surface area contributed by atoms with Crippen molar-refractivity contribution in [2.24, 2.45) is 0 Å². The molecule has 2 heterocycles. The van der Waals surface area contributed by atoms with Crippen molar-refractivity contribution in [3.8, 4) is 22.7 Å². The molecule has 30 heavy (non-hydrogen) atoms. The number of anilines is 1. The molecule has 4 rings (SSSR count). The Balaban J connectivity index is 1.44. The van der Waals surface area contributed by atoms with E-state index in [9.17, 15) is 4.79 Å². The van der Waals surface area contributed by atoms with Gasteiger partial charge in [0.05, 0.1) is 30.4 Å². The molecule has 0 fully saturated rings. The molecular formula is C22H22N6O2. The van der Waals surface area contributed by atoms with Gasteiger partial charge in [-0.25, -0.2) is 4.68 Å². The lowest BCUT2D eigenvalue weighted by atomic mass is 10.1. The highest BCUT2D eigenvalue weighted by Crippen LogP contribution is 2.23. The Morgan fingerprint density at radius 1 is 1.17 bits per heavy atom. The normalized spacial score (nSPS) is 10.7. The molecule has 1 amide bonds. The Kier molecular flexibility index (Phi) is 5.21. The molecule has 2 aromatic heterocycles. The fourth-order valence-electron chi connectivity index (χ4n) is 3.21. The summed E-state index contributed by atoms with van der Waals surface area (Å²) in [6.45, 7) is 2.23. The molecule has 8 heteroatoms. The summed E-state index contributed by atoms with van der Waals surface area (Å²) in [5, 5.41) is 14.4. The molecule has 0 unspecified atom stereocenters. The molecule has 0 spiro atoms. The molecule has 0 aliphatic rings. The number of hydrogen-bond acceptors (Lipinski definition) is 5. The van der Waals surface area contributed by atoms with Crippen LogP contribution in [0.1, 0.15) is 21.6 Å². The number of nitrogens with two attached hydrogens (primary N) is 1. The Bertz CT molecular complexity index is 1160. The van der Waals surface area contributed by atoms with Crippen LogP contribution in [0.5, 0.6) is 5.75 Å². The Hall–Kier alpha value is -4.07. The van der Waals surface area contributed by atoms with Crippen LogP contribution in [0.3, 0.4) is 0 Å². The fraction of sp³-hybridized carbons (Fsp3) is 0.136. The Morgan fingerprint density at radius 3 is 2.53 bits per heavy atom. The second kappa shape index (κ2) is 8.12. The number of hydrogen-bond donors (Lipinski definition) is 3. The maximum Gasteiger partial charge on any atom is 0.251 e. The van der Waals surface area contributed by atoms with E-state index in [4.69, 9.17) is 10.5 Å². The molecule has 0 atom stereocenters. The van der Waals surface area contributed by atoms with Gasteiger partial charge in [0.15, 0.2) is 0 Å². The van der Waals surface area contributed by atoms with Gasteiger partial charge in [0.2, 0.25) is 0 Å². The number of ether oxygens (including phenoxy) is 1. The molecule has 0 radical (unpaired) electrons. The first-order valence-corrected chi connectivity index (χ1v) is 9.42. The highest BCUT2D eigenvalue weighted by atomic mass is 16.5. The van der Waals surface area contributed by atoms with Gasteiger partial charge in [0.1, 0.15) is 11.6 Å². The summed E-state index contributed by atoms with van der Waals surface area (Å²) in [4.78, 5) is 12.6. The number of H-pyrrole nitrogens is 1. The minimum atomic E-state index is -0.173. The summed E-state index contributed by atoms with van der Waals surface area (Å²) in [6.07, 6.45) is 1.71. The number of amides is 1. The van der Waals surface area contributed by atoms with Crippen molar-refractivity contribution >= 4 is 11.7 Å². The zero-order chi connectivity index (χ0) is 21.1. The van der Waals surface area contributed by atoms with Crippen molar-refractivity contribution in [1.82, 2.24) is 25.3 Å². The van der Waals surface area contributed by atoms with Crippen molar-refractivity contribution in [3.05, 3.63) is 77.6 Å². The molecule has 0 aliphatic carbocycles. The van der Waals surface area contributed by atoms with Gasteiger partial charge < -0.3 is 15.8 Å². The first-order chi connectivity index (χ1) is 14.5. The minimum absolute atomic E-state index is 0.173. The van der Waals surface area contributed by atoms with Crippen LogP contribution < -0.4 is 15.8 Å². The van der Waals surface area contributed by atoms with E-state index in [1.807, 2.05) is 43.3 Å². The van der Waals surface area contributed by atoms with Crippen LogP contribution in [0.15, 0.2) is 60.8 Å². The van der Waals surface area contributed by atoms with E-state index < -0.39 is 0 Å². The Labute approximate surface area is 173 Å². The van der Waals surface area contributed by atoms with Crippen molar-refractivity contribution in [2.75, 3.05) is 12.8 Å². The van der Waals surface area contributed by atoms with Gasteiger partial charge in [-0.1, -0.05) is 0 Å². The number of nitrogen functional groups attached to an aromatic ring is 1. The van der Waals surface area contributed by atoms with Gasteiger partial charge in [-0.2, -0.15) is 10.2 Å². The second-order valence-corrected chi connectivity index (χ2v) is 6.85. The van der Waals surface area contributed by atoms with Crippen LogP contribution in [-0.2, 0) is 6.54 Å². The lowest BCUT2D eigenvalue weighted by molar-refractivity contribution is 0.0951. The van der Waals surface area contributed by atoms with Gasteiger partial charge in [-0.3, -0.25) is 9.89 Å². The lowest BCUT2D eigenvalue weighted by Gasteiger charge is -2.08. The third-order valence-corrected chi connectivity index (χ3v) is 4.77. The summed E-state index contributed by atoms with van der Waals surface area (Å²) in [5.41, 5.74) is 10.9. The molecule has 4 aromatic rings. The monoisotopic (exact) mass is 402 g/mol. The summed E-state index contributed by atoms with van der Waals surface area (Å²) in [6, 6.07) is 16.6. The van der Waals surface area contributed by atoms with E-state index >= 15 is 0 Å². The van der Waals surface area contributed by atoms with Crippen molar-refractivity contribution in [2.45, 2.75) is 13.5 Å². The molecule has 0 saturated heterocycles. The fourth-order valence-corrected chi connectivity index (χ4v) is 3.21. The van der Waals surface area contributed by atoms with E-state index in [1.165, 1.54) is 0 Å². The SMILES string of the molecule is COc1ccc(-c2[nH]ncc2CNC(=O)c2ccc(-n3nc(C)cc3N)cc2)cc1. The highest BCUT2D eigenvalue weighted by molar-refractivity contribution is 5.94. The number of methoxy groups -OCH3 is 1. The van der Waals surface area contributed by atoms with Gasteiger partial charge in [0.25, 0.3) is 5.91 Å².